The van der Waals surface area contributed by atoms with E-state index in [-0.39, 0.29) is 5.91 Å². The van der Waals surface area contributed by atoms with Crippen LogP contribution in [-0.2, 0) is 17.9 Å². The third kappa shape index (κ3) is 5.05. The number of aromatic nitrogens is 2. The monoisotopic (exact) mass is 362 g/mol. The van der Waals surface area contributed by atoms with Crippen molar-refractivity contribution in [2.45, 2.75) is 39.8 Å². The van der Waals surface area contributed by atoms with Crippen molar-refractivity contribution < 1.29 is 4.79 Å². The fourth-order valence-corrected chi connectivity index (χ4v) is 3.06. The standard InChI is InChI=1S/C22H26N4O/c1-16(2)22-19(15-26(25-22)21-10-5-4-6-11-21)14-23-13-18-8-7-9-20(12-18)24-17(3)27/h4-12,15-16,23H,13-14H2,1-3H3,(H,24,27). The molecule has 5 nitrogen and oxygen atoms in total. The van der Waals surface area contributed by atoms with E-state index in [1.165, 1.54) is 12.5 Å². The van der Waals surface area contributed by atoms with Gasteiger partial charge in [0.1, 0.15) is 0 Å². The molecule has 27 heavy (non-hydrogen) atoms. The van der Waals surface area contributed by atoms with Crippen molar-refractivity contribution in [1.82, 2.24) is 15.1 Å². The Bertz CT molecular complexity index is 900. The highest BCUT2D eigenvalue weighted by Gasteiger charge is 2.13. The topological polar surface area (TPSA) is 59.0 Å². The zero-order valence-electron chi connectivity index (χ0n) is 16.1. The second-order valence-corrected chi connectivity index (χ2v) is 6.96. The molecule has 0 saturated heterocycles. The van der Waals surface area contributed by atoms with Gasteiger partial charge in [0.25, 0.3) is 0 Å². The number of anilines is 1. The predicted molar refractivity (Wildman–Crippen MR) is 109 cm³/mol. The highest BCUT2D eigenvalue weighted by Crippen LogP contribution is 2.20. The maximum atomic E-state index is 11.2. The van der Waals surface area contributed by atoms with E-state index in [2.05, 4.69) is 48.9 Å². The minimum Gasteiger partial charge on any atom is -0.326 e. The third-order valence-electron chi connectivity index (χ3n) is 4.28. The molecule has 0 aliphatic rings. The van der Waals surface area contributed by atoms with Gasteiger partial charge in [-0.1, -0.05) is 44.2 Å². The van der Waals surface area contributed by atoms with Gasteiger partial charge in [-0.2, -0.15) is 5.10 Å². The first-order valence-corrected chi connectivity index (χ1v) is 9.24. The molecule has 2 N–H and O–H groups in total. The Morgan fingerprint density at radius 2 is 1.85 bits per heavy atom. The molecule has 140 valence electrons. The van der Waals surface area contributed by atoms with Crippen LogP contribution in [0.2, 0.25) is 0 Å². The first-order valence-electron chi connectivity index (χ1n) is 9.24. The number of hydrogen-bond acceptors (Lipinski definition) is 3. The molecule has 1 aromatic heterocycles. The quantitative estimate of drug-likeness (QED) is 0.661. The molecule has 0 aliphatic heterocycles. The van der Waals surface area contributed by atoms with Crippen LogP contribution in [0, 0.1) is 0 Å². The largest absolute Gasteiger partial charge is 0.326 e. The van der Waals surface area contributed by atoms with E-state index in [4.69, 9.17) is 5.10 Å². The molecule has 3 rings (SSSR count). The smallest absolute Gasteiger partial charge is 0.221 e. The predicted octanol–water partition coefficient (Wildman–Crippen LogP) is 4.24. The molecule has 0 atom stereocenters. The molecular weight excluding hydrogens is 336 g/mol. The molecule has 1 heterocycles. The highest BCUT2D eigenvalue weighted by molar-refractivity contribution is 5.88. The Morgan fingerprint density at radius 3 is 2.56 bits per heavy atom. The summed E-state index contributed by atoms with van der Waals surface area (Å²) in [6, 6.07) is 18.1. The van der Waals surface area contributed by atoms with Crippen molar-refractivity contribution in [3.8, 4) is 5.69 Å². The van der Waals surface area contributed by atoms with Crippen LogP contribution in [0.25, 0.3) is 5.69 Å². The van der Waals surface area contributed by atoms with Gasteiger partial charge in [-0.25, -0.2) is 4.68 Å². The maximum Gasteiger partial charge on any atom is 0.221 e. The molecule has 0 aliphatic carbocycles. The van der Waals surface area contributed by atoms with Crippen LogP contribution in [0.3, 0.4) is 0 Å². The molecule has 0 bridgehead atoms. The molecule has 0 unspecified atom stereocenters. The van der Waals surface area contributed by atoms with Gasteiger partial charge >= 0.3 is 0 Å². The van der Waals surface area contributed by atoms with Crippen LogP contribution in [0.5, 0.6) is 0 Å². The van der Waals surface area contributed by atoms with Crippen molar-refractivity contribution in [1.29, 1.82) is 0 Å². The summed E-state index contributed by atoms with van der Waals surface area (Å²) in [6.45, 7) is 7.31. The molecule has 0 radical (unpaired) electrons. The van der Waals surface area contributed by atoms with E-state index in [0.29, 0.717) is 5.92 Å². The van der Waals surface area contributed by atoms with Gasteiger partial charge in [0, 0.05) is 37.5 Å². The molecular formula is C22H26N4O. The van der Waals surface area contributed by atoms with Crippen molar-refractivity contribution in [3.05, 3.63) is 77.6 Å². The van der Waals surface area contributed by atoms with Gasteiger partial charge < -0.3 is 10.6 Å². The van der Waals surface area contributed by atoms with Crippen molar-refractivity contribution in [2.24, 2.45) is 0 Å². The maximum absolute atomic E-state index is 11.2. The number of hydrogen-bond donors (Lipinski definition) is 2. The average molecular weight is 362 g/mol. The Hall–Kier alpha value is -2.92. The summed E-state index contributed by atoms with van der Waals surface area (Å²) in [5.41, 5.74) is 5.32. The number of carbonyl (C=O) groups is 1. The number of para-hydroxylation sites is 1. The van der Waals surface area contributed by atoms with Crippen LogP contribution >= 0.6 is 0 Å². The molecule has 3 aromatic rings. The minimum absolute atomic E-state index is 0.0602. The molecule has 0 fully saturated rings. The van der Waals surface area contributed by atoms with E-state index < -0.39 is 0 Å². The summed E-state index contributed by atoms with van der Waals surface area (Å²) in [5.74, 6) is 0.296. The first-order chi connectivity index (χ1) is 13.0. The Labute approximate surface area is 160 Å². The van der Waals surface area contributed by atoms with Crippen molar-refractivity contribution in [2.75, 3.05) is 5.32 Å². The van der Waals surface area contributed by atoms with Crippen LogP contribution < -0.4 is 10.6 Å². The SMILES string of the molecule is CC(=O)Nc1cccc(CNCc2cn(-c3ccccc3)nc2C(C)C)c1. The van der Waals surface area contributed by atoms with Gasteiger partial charge in [-0.15, -0.1) is 0 Å². The lowest BCUT2D eigenvalue weighted by Gasteiger charge is -2.08. The Kier molecular flexibility index (Phi) is 6.04. The minimum atomic E-state index is -0.0602. The van der Waals surface area contributed by atoms with Gasteiger partial charge in [0.2, 0.25) is 5.91 Å². The zero-order chi connectivity index (χ0) is 19.2. The number of nitrogens with one attached hydrogen (secondary N) is 2. The fourth-order valence-electron chi connectivity index (χ4n) is 3.06. The van der Waals surface area contributed by atoms with Crippen LogP contribution in [0.4, 0.5) is 5.69 Å². The van der Waals surface area contributed by atoms with E-state index in [1.54, 1.807) is 0 Å². The normalized spacial score (nSPS) is 11.0. The second kappa shape index (κ2) is 8.64. The van der Waals surface area contributed by atoms with Crippen molar-refractivity contribution in [3.63, 3.8) is 0 Å². The van der Waals surface area contributed by atoms with Crippen LogP contribution in [-0.4, -0.2) is 15.7 Å². The first kappa shape index (κ1) is 18.9. The molecule has 5 heteroatoms. The van der Waals surface area contributed by atoms with E-state index >= 15 is 0 Å². The number of nitrogens with zero attached hydrogens (tertiary/aromatic N) is 2. The summed E-state index contributed by atoms with van der Waals surface area (Å²) in [5, 5.41) is 11.1. The van der Waals surface area contributed by atoms with Crippen LogP contribution in [0.15, 0.2) is 60.8 Å². The molecule has 0 saturated carbocycles. The summed E-state index contributed by atoms with van der Waals surface area (Å²) in [4.78, 5) is 11.2. The van der Waals surface area contributed by atoms with E-state index in [0.717, 1.165) is 35.7 Å². The summed E-state index contributed by atoms with van der Waals surface area (Å²) >= 11 is 0. The Balaban J connectivity index is 1.69. The molecule has 1 amide bonds. The Morgan fingerprint density at radius 1 is 1.07 bits per heavy atom. The van der Waals surface area contributed by atoms with E-state index in [1.807, 2.05) is 41.1 Å². The van der Waals surface area contributed by atoms with Crippen LogP contribution in [0.1, 0.15) is 43.5 Å². The lowest BCUT2D eigenvalue weighted by atomic mass is 10.1. The van der Waals surface area contributed by atoms with Gasteiger partial charge in [-0.3, -0.25) is 4.79 Å². The number of carbonyl (C=O) groups excluding carboxylic acids is 1. The number of benzene rings is 2. The van der Waals surface area contributed by atoms with Crippen molar-refractivity contribution >= 4 is 11.6 Å². The summed E-state index contributed by atoms with van der Waals surface area (Å²) in [6.07, 6.45) is 2.10. The third-order valence-corrected chi connectivity index (χ3v) is 4.28. The second-order valence-electron chi connectivity index (χ2n) is 6.96. The summed E-state index contributed by atoms with van der Waals surface area (Å²) < 4.78 is 1.95. The van der Waals surface area contributed by atoms with Gasteiger partial charge in [-0.05, 0) is 35.7 Å². The molecule has 2 aromatic carbocycles. The average Bonchev–Trinajstić information content (AvgIpc) is 3.07. The summed E-state index contributed by atoms with van der Waals surface area (Å²) in [7, 11) is 0. The van der Waals surface area contributed by atoms with Gasteiger partial charge in [0.15, 0.2) is 0 Å². The number of rotatable bonds is 7. The number of amides is 1. The zero-order valence-corrected chi connectivity index (χ0v) is 16.1. The van der Waals surface area contributed by atoms with E-state index in [9.17, 15) is 4.79 Å². The molecule has 0 spiro atoms. The fraction of sp³-hybridized carbons (Fsp3) is 0.273. The lowest BCUT2D eigenvalue weighted by Crippen LogP contribution is -2.14. The lowest BCUT2D eigenvalue weighted by molar-refractivity contribution is -0.114. The highest BCUT2D eigenvalue weighted by atomic mass is 16.1. The van der Waals surface area contributed by atoms with Gasteiger partial charge in [0.05, 0.1) is 11.4 Å².